The minimum Gasteiger partial charge on any atom is -0.379 e. The lowest BCUT2D eigenvalue weighted by atomic mass is 10.0. The van der Waals surface area contributed by atoms with Crippen molar-refractivity contribution in [1.29, 1.82) is 0 Å². The number of morpholine rings is 1. The van der Waals surface area contributed by atoms with Gasteiger partial charge in [-0.2, -0.15) is 0 Å². The normalized spacial score (nSPS) is 20.2. The Kier molecular flexibility index (Phi) is 5.33. The lowest BCUT2D eigenvalue weighted by Crippen LogP contribution is -2.45. The van der Waals surface area contributed by atoms with Gasteiger partial charge in [0.25, 0.3) is 11.8 Å². The van der Waals surface area contributed by atoms with Gasteiger partial charge in [-0.05, 0) is 36.8 Å². The summed E-state index contributed by atoms with van der Waals surface area (Å²) in [6.45, 7) is 7.57. The number of aromatic nitrogens is 1. The summed E-state index contributed by atoms with van der Waals surface area (Å²) in [6, 6.07) is 5.35. The number of H-pyrrole nitrogens is 1. The van der Waals surface area contributed by atoms with Crippen molar-refractivity contribution in [2.75, 3.05) is 51.3 Å². The molecule has 2 N–H and O–H groups in total. The van der Waals surface area contributed by atoms with Gasteiger partial charge in [0.1, 0.15) is 0 Å². The second-order valence-corrected chi connectivity index (χ2v) is 8.65. The van der Waals surface area contributed by atoms with Crippen LogP contribution in [0.1, 0.15) is 32.9 Å². The number of ether oxygens (including phenoxy) is 1. The van der Waals surface area contributed by atoms with Gasteiger partial charge in [0.05, 0.1) is 24.4 Å². The summed E-state index contributed by atoms with van der Waals surface area (Å²) in [4.78, 5) is 33.4. The summed E-state index contributed by atoms with van der Waals surface area (Å²) >= 11 is 6.14. The monoisotopic (exact) mass is 440 g/mol. The van der Waals surface area contributed by atoms with Crippen molar-refractivity contribution in [2.45, 2.75) is 13.3 Å². The SMILES string of the molecule is Cc1c(C=C2C(=O)Nc3ccc(Cl)cc32)[nH]c2c1C(=O)N(CCN1CCOCC1)CC2. The predicted molar refractivity (Wildman–Crippen MR) is 120 cm³/mol. The van der Waals surface area contributed by atoms with E-state index >= 15 is 0 Å². The van der Waals surface area contributed by atoms with Gasteiger partial charge >= 0.3 is 0 Å². The maximum absolute atomic E-state index is 13.2. The zero-order valence-electron chi connectivity index (χ0n) is 17.5. The number of aromatic amines is 1. The summed E-state index contributed by atoms with van der Waals surface area (Å²) in [5, 5.41) is 3.45. The standard InChI is InChI=1S/C23H25ClN4O3/c1-14-20(13-17-16-12-15(24)2-3-18(16)26-22(17)29)25-19-4-5-28(23(30)21(14)19)7-6-27-8-10-31-11-9-27/h2-3,12-13,25H,4-11H2,1H3,(H,26,29). The quantitative estimate of drug-likeness (QED) is 0.717. The highest BCUT2D eigenvalue weighted by atomic mass is 35.5. The molecule has 0 radical (unpaired) electrons. The predicted octanol–water partition coefficient (Wildman–Crippen LogP) is 2.80. The van der Waals surface area contributed by atoms with Crippen LogP contribution >= 0.6 is 11.6 Å². The van der Waals surface area contributed by atoms with E-state index < -0.39 is 0 Å². The maximum Gasteiger partial charge on any atom is 0.256 e. The molecule has 3 aliphatic heterocycles. The van der Waals surface area contributed by atoms with Crippen LogP contribution in [0.4, 0.5) is 5.69 Å². The summed E-state index contributed by atoms with van der Waals surface area (Å²) in [5.41, 5.74) is 5.45. The number of nitrogens with zero attached hydrogens (tertiary/aromatic N) is 2. The largest absolute Gasteiger partial charge is 0.379 e. The smallest absolute Gasteiger partial charge is 0.256 e. The van der Waals surface area contributed by atoms with Crippen LogP contribution in [0.3, 0.4) is 0 Å². The Morgan fingerprint density at radius 1 is 1.16 bits per heavy atom. The number of hydrogen-bond acceptors (Lipinski definition) is 4. The van der Waals surface area contributed by atoms with Gasteiger partial charge in [-0.25, -0.2) is 0 Å². The Hall–Kier alpha value is -2.61. The highest BCUT2D eigenvalue weighted by Crippen LogP contribution is 2.36. The van der Waals surface area contributed by atoms with E-state index in [0.29, 0.717) is 23.7 Å². The molecule has 0 atom stereocenters. The second kappa shape index (κ2) is 8.15. The molecule has 0 saturated carbocycles. The van der Waals surface area contributed by atoms with Crippen molar-refractivity contribution in [2.24, 2.45) is 0 Å². The summed E-state index contributed by atoms with van der Waals surface area (Å²) in [7, 11) is 0. The first kappa shape index (κ1) is 20.3. The number of anilines is 1. The molecule has 1 aromatic carbocycles. The topological polar surface area (TPSA) is 77.7 Å². The highest BCUT2D eigenvalue weighted by Gasteiger charge is 2.30. The Bertz CT molecular complexity index is 1080. The van der Waals surface area contributed by atoms with Crippen molar-refractivity contribution in [3.63, 3.8) is 0 Å². The molecule has 8 heteroatoms. The first-order valence-corrected chi connectivity index (χ1v) is 11.0. The third kappa shape index (κ3) is 3.78. The number of fused-ring (bicyclic) bond motifs is 2. The van der Waals surface area contributed by atoms with Crippen LogP contribution in [0.2, 0.25) is 5.02 Å². The van der Waals surface area contributed by atoms with E-state index in [0.717, 1.165) is 73.0 Å². The van der Waals surface area contributed by atoms with Gasteiger partial charge in [0.15, 0.2) is 0 Å². The van der Waals surface area contributed by atoms with E-state index in [9.17, 15) is 9.59 Å². The van der Waals surface area contributed by atoms with E-state index in [1.165, 1.54) is 0 Å². The zero-order valence-corrected chi connectivity index (χ0v) is 18.2. The molecule has 7 nitrogen and oxygen atoms in total. The van der Waals surface area contributed by atoms with Crippen molar-refractivity contribution < 1.29 is 14.3 Å². The van der Waals surface area contributed by atoms with Gasteiger partial charge in [-0.15, -0.1) is 0 Å². The first-order chi connectivity index (χ1) is 15.0. The fourth-order valence-electron chi connectivity index (χ4n) is 4.56. The average molecular weight is 441 g/mol. The molecule has 0 unspecified atom stereocenters. The number of carbonyl (C=O) groups excluding carboxylic acids is 2. The Labute approximate surface area is 186 Å². The molecule has 1 aromatic heterocycles. The van der Waals surface area contributed by atoms with Crippen molar-refractivity contribution in [1.82, 2.24) is 14.8 Å². The molecule has 0 spiro atoms. The molecule has 5 rings (SSSR count). The molecule has 1 saturated heterocycles. The fraction of sp³-hybridized carbons (Fsp3) is 0.391. The van der Waals surface area contributed by atoms with Gasteiger partial charge in [0, 0.05) is 66.8 Å². The Morgan fingerprint density at radius 2 is 1.97 bits per heavy atom. The van der Waals surface area contributed by atoms with Crippen LogP contribution in [-0.2, 0) is 16.0 Å². The molecular weight excluding hydrogens is 416 g/mol. The molecule has 0 bridgehead atoms. The molecule has 3 aliphatic rings. The molecular formula is C23H25ClN4O3. The van der Waals surface area contributed by atoms with Crippen LogP contribution in [-0.4, -0.2) is 72.5 Å². The van der Waals surface area contributed by atoms with E-state index in [4.69, 9.17) is 16.3 Å². The summed E-state index contributed by atoms with van der Waals surface area (Å²) in [5.74, 6) is -0.102. The van der Waals surface area contributed by atoms with Gasteiger partial charge in [-0.1, -0.05) is 11.6 Å². The number of amides is 2. The molecule has 2 amide bonds. The third-order valence-corrected chi connectivity index (χ3v) is 6.58. The first-order valence-electron chi connectivity index (χ1n) is 10.6. The van der Waals surface area contributed by atoms with Crippen molar-refractivity contribution >= 4 is 40.8 Å². The maximum atomic E-state index is 13.2. The van der Waals surface area contributed by atoms with E-state index in [2.05, 4.69) is 15.2 Å². The van der Waals surface area contributed by atoms with Crippen LogP contribution in [0.25, 0.3) is 11.6 Å². The minimum absolute atomic E-state index is 0.0622. The van der Waals surface area contributed by atoms with E-state index in [1.807, 2.05) is 17.9 Å². The lowest BCUT2D eigenvalue weighted by Gasteiger charge is -2.32. The van der Waals surface area contributed by atoms with Gasteiger partial charge in [0.2, 0.25) is 0 Å². The van der Waals surface area contributed by atoms with Crippen LogP contribution in [0.5, 0.6) is 0 Å². The lowest BCUT2D eigenvalue weighted by molar-refractivity contribution is -0.110. The number of rotatable bonds is 4. The zero-order chi connectivity index (χ0) is 21.5. The highest BCUT2D eigenvalue weighted by molar-refractivity contribution is 6.36. The van der Waals surface area contributed by atoms with Gasteiger partial charge in [-0.3, -0.25) is 14.5 Å². The number of nitrogens with one attached hydrogen (secondary N) is 2. The van der Waals surface area contributed by atoms with Crippen molar-refractivity contribution in [3.8, 4) is 0 Å². The average Bonchev–Trinajstić information content (AvgIpc) is 3.25. The number of halogens is 1. The van der Waals surface area contributed by atoms with E-state index in [1.54, 1.807) is 18.2 Å². The number of benzene rings is 1. The second-order valence-electron chi connectivity index (χ2n) is 8.22. The molecule has 2 aromatic rings. The molecule has 31 heavy (non-hydrogen) atoms. The molecule has 1 fully saturated rings. The van der Waals surface area contributed by atoms with Crippen molar-refractivity contribution in [3.05, 3.63) is 51.3 Å². The fourth-order valence-corrected chi connectivity index (χ4v) is 4.73. The summed E-state index contributed by atoms with van der Waals surface area (Å²) < 4.78 is 5.40. The minimum atomic E-state index is -0.164. The number of hydrogen-bond donors (Lipinski definition) is 2. The molecule has 4 heterocycles. The van der Waals surface area contributed by atoms with Crippen LogP contribution < -0.4 is 5.32 Å². The van der Waals surface area contributed by atoms with Gasteiger partial charge < -0.3 is 19.9 Å². The Morgan fingerprint density at radius 3 is 2.77 bits per heavy atom. The van der Waals surface area contributed by atoms with Crippen LogP contribution in [0, 0.1) is 6.92 Å². The molecule has 162 valence electrons. The summed E-state index contributed by atoms with van der Waals surface area (Å²) in [6.07, 6.45) is 2.61. The van der Waals surface area contributed by atoms with Crippen LogP contribution in [0.15, 0.2) is 18.2 Å². The third-order valence-electron chi connectivity index (χ3n) is 6.34. The number of carbonyl (C=O) groups is 2. The van der Waals surface area contributed by atoms with E-state index in [-0.39, 0.29) is 11.8 Å². The molecule has 0 aliphatic carbocycles. The Balaban J connectivity index is 1.39.